The van der Waals surface area contributed by atoms with Gasteiger partial charge in [0.15, 0.2) is 0 Å². The Labute approximate surface area is 112 Å². The van der Waals surface area contributed by atoms with Crippen LogP contribution in [-0.2, 0) is 0 Å². The second kappa shape index (κ2) is 4.62. The highest BCUT2D eigenvalue weighted by molar-refractivity contribution is 9.10. The topological polar surface area (TPSA) is 15.3 Å². The summed E-state index contributed by atoms with van der Waals surface area (Å²) in [6.45, 7) is 3.39. The predicted molar refractivity (Wildman–Crippen MR) is 75.6 cm³/mol. The fraction of sp³-hybridized carbons (Fsp3) is 0.571. The third kappa shape index (κ3) is 2.23. The second-order valence-corrected chi connectivity index (χ2v) is 6.14. The number of para-hydroxylation sites is 1. The van der Waals surface area contributed by atoms with Crippen molar-refractivity contribution in [2.24, 2.45) is 0 Å². The molecule has 1 aliphatic carbocycles. The van der Waals surface area contributed by atoms with Crippen LogP contribution >= 0.6 is 15.9 Å². The van der Waals surface area contributed by atoms with Crippen LogP contribution in [-0.4, -0.2) is 25.2 Å². The lowest BCUT2D eigenvalue weighted by Gasteiger charge is -2.43. The Bertz CT molecular complexity index is 399. The molecular formula is C14H19BrN2. The molecular weight excluding hydrogens is 276 g/mol. The van der Waals surface area contributed by atoms with Crippen LogP contribution in [0.25, 0.3) is 0 Å². The summed E-state index contributed by atoms with van der Waals surface area (Å²) in [5, 5.41) is 3.76. The van der Waals surface area contributed by atoms with Gasteiger partial charge in [-0.3, -0.25) is 0 Å². The van der Waals surface area contributed by atoms with Crippen molar-refractivity contribution in [1.82, 2.24) is 5.32 Å². The van der Waals surface area contributed by atoms with Gasteiger partial charge in [-0.25, -0.2) is 0 Å². The summed E-state index contributed by atoms with van der Waals surface area (Å²) in [7, 11) is 0. The third-order valence-corrected chi connectivity index (χ3v) is 4.80. The Morgan fingerprint density at radius 2 is 1.94 bits per heavy atom. The van der Waals surface area contributed by atoms with Crippen molar-refractivity contribution >= 4 is 21.6 Å². The molecule has 1 spiro atoms. The summed E-state index contributed by atoms with van der Waals surface area (Å²) < 4.78 is 1.22. The molecule has 2 aliphatic rings. The molecule has 1 saturated carbocycles. The van der Waals surface area contributed by atoms with Gasteiger partial charge in [0.1, 0.15) is 0 Å². The van der Waals surface area contributed by atoms with Crippen LogP contribution in [0.1, 0.15) is 25.7 Å². The lowest BCUT2D eigenvalue weighted by atomic mass is 9.94. The maximum Gasteiger partial charge on any atom is 0.0511 e. The van der Waals surface area contributed by atoms with Crippen molar-refractivity contribution in [3.05, 3.63) is 28.7 Å². The number of benzene rings is 1. The minimum absolute atomic E-state index is 0.396. The van der Waals surface area contributed by atoms with E-state index >= 15 is 0 Å². The average Bonchev–Trinajstić information content (AvgIpc) is 2.78. The molecule has 1 aliphatic heterocycles. The third-order valence-electron chi connectivity index (χ3n) is 4.13. The van der Waals surface area contributed by atoms with Crippen LogP contribution in [0.2, 0.25) is 0 Å². The molecule has 0 bridgehead atoms. The van der Waals surface area contributed by atoms with Crippen LogP contribution in [0, 0.1) is 0 Å². The van der Waals surface area contributed by atoms with E-state index in [0.717, 1.165) is 19.6 Å². The van der Waals surface area contributed by atoms with Crippen molar-refractivity contribution < 1.29 is 0 Å². The van der Waals surface area contributed by atoms with E-state index in [4.69, 9.17) is 0 Å². The number of nitrogens with one attached hydrogen (secondary N) is 1. The number of rotatable bonds is 1. The highest BCUT2D eigenvalue weighted by atomic mass is 79.9. The number of nitrogens with zero attached hydrogens (tertiary/aromatic N) is 1. The van der Waals surface area contributed by atoms with Gasteiger partial charge in [0.25, 0.3) is 0 Å². The number of hydrogen-bond acceptors (Lipinski definition) is 2. The molecule has 2 nitrogen and oxygen atoms in total. The second-order valence-electron chi connectivity index (χ2n) is 5.29. The molecule has 1 heterocycles. The van der Waals surface area contributed by atoms with E-state index in [9.17, 15) is 0 Å². The standard InChI is InChI=1S/C14H19BrN2/c15-12-5-1-2-6-13(12)17-10-9-16-14(11-17)7-3-4-8-14/h1-2,5-6,16H,3-4,7-11H2. The summed E-state index contributed by atoms with van der Waals surface area (Å²) in [6.07, 6.45) is 5.45. The van der Waals surface area contributed by atoms with E-state index in [0.29, 0.717) is 5.54 Å². The Hall–Kier alpha value is -0.540. The maximum absolute atomic E-state index is 3.76. The number of anilines is 1. The SMILES string of the molecule is Brc1ccccc1N1CCNC2(CCCC2)C1. The molecule has 1 aromatic carbocycles. The molecule has 0 unspecified atom stereocenters. The summed E-state index contributed by atoms with van der Waals surface area (Å²) in [5.41, 5.74) is 1.74. The van der Waals surface area contributed by atoms with Gasteiger partial charge >= 0.3 is 0 Å². The van der Waals surface area contributed by atoms with Crippen molar-refractivity contribution in [2.45, 2.75) is 31.2 Å². The van der Waals surface area contributed by atoms with Gasteiger partial charge in [-0.2, -0.15) is 0 Å². The highest BCUT2D eigenvalue weighted by Gasteiger charge is 2.37. The van der Waals surface area contributed by atoms with Crippen LogP contribution in [0.4, 0.5) is 5.69 Å². The van der Waals surface area contributed by atoms with E-state index in [1.54, 1.807) is 0 Å². The van der Waals surface area contributed by atoms with Gasteiger partial charge in [0.05, 0.1) is 5.69 Å². The largest absolute Gasteiger partial charge is 0.367 e. The van der Waals surface area contributed by atoms with Crippen molar-refractivity contribution in [1.29, 1.82) is 0 Å². The first-order valence-corrected chi connectivity index (χ1v) is 7.33. The van der Waals surface area contributed by atoms with E-state index in [2.05, 4.69) is 50.4 Å². The molecule has 0 aromatic heterocycles. The lowest BCUT2D eigenvalue weighted by molar-refractivity contribution is 0.304. The molecule has 1 aromatic rings. The van der Waals surface area contributed by atoms with Crippen molar-refractivity contribution in [2.75, 3.05) is 24.5 Å². The first-order chi connectivity index (χ1) is 8.29. The quantitative estimate of drug-likeness (QED) is 0.856. The Morgan fingerprint density at radius 1 is 1.18 bits per heavy atom. The van der Waals surface area contributed by atoms with Crippen LogP contribution in [0.15, 0.2) is 28.7 Å². The average molecular weight is 295 g/mol. The number of halogens is 1. The zero-order valence-corrected chi connectivity index (χ0v) is 11.7. The molecule has 1 saturated heterocycles. The zero-order valence-electron chi connectivity index (χ0n) is 10.1. The van der Waals surface area contributed by atoms with Gasteiger partial charge in [-0.1, -0.05) is 25.0 Å². The first kappa shape index (κ1) is 11.5. The van der Waals surface area contributed by atoms with E-state index in [1.807, 2.05) is 0 Å². The molecule has 0 amide bonds. The normalized spacial score (nSPS) is 23.2. The van der Waals surface area contributed by atoms with Crippen LogP contribution in [0.5, 0.6) is 0 Å². The van der Waals surface area contributed by atoms with Crippen molar-refractivity contribution in [3.8, 4) is 0 Å². The van der Waals surface area contributed by atoms with Gasteiger partial charge < -0.3 is 10.2 Å². The lowest BCUT2D eigenvalue weighted by Crippen LogP contribution is -2.59. The molecule has 3 heteroatoms. The Kier molecular flexibility index (Phi) is 3.14. The fourth-order valence-electron chi connectivity index (χ4n) is 3.26. The minimum Gasteiger partial charge on any atom is -0.367 e. The van der Waals surface area contributed by atoms with Gasteiger partial charge in [0.2, 0.25) is 0 Å². The van der Waals surface area contributed by atoms with Crippen LogP contribution in [0.3, 0.4) is 0 Å². The van der Waals surface area contributed by atoms with Crippen molar-refractivity contribution in [3.63, 3.8) is 0 Å². The summed E-state index contributed by atoms with van der Waals surface area (Å²) in [4.78, 5) is 2.53. The molecule has 92 valence electrons. The molecule has 3 rings (SSSR count). The van der Waals surface area contributed by atoms with Gasteiger partial charge in [-0.05, 0) is 40.9 Å². The maximum atomic E-state index is 3.76. The van der Waals surface area contributed by atoms with E-state index in [1.165, 1.54) is 35.8 Å². The summed E-state index contributed by atoms with van der Waals surface area (Å²) in [5.74, 6) is 0. The molecule has 2 fully saturated rings. The molecule has 17 heavy (non-hydrogen) atoms. The van der Waals surface area contributed by atoms with Gasteiger partial charge in [-0.15, -0.1) is 0 Å². The first-order valence-electron chi connectivity index (χ1n) is 6.54. The molecule has 1 N–H and O–H groups in total. The van der Waals surface area contributed by atoms with Crippen LogP contribution < -0.4 is 10.2 Å². The number of piperazine rings is 1. The van der Waals surface area contributed by atoms with E-state index in [-0.39, 0.29) is 0 Å². The zero-order chi connectivity index (χ0) is 11.7. The Morgan fingerprint density at radius 3 is 2.71 bits per heavy atom. The minimum atomic E-state index is 0.396. The molecule has 0 atom stereocenters. The fourth-order valence-corrected chi connectivity index (χ4v) is 3.79. The predicted octanol–water partition coefficient (Wildman–Crippen LogP) is 3.17. The smallest absolute Gasteiger partial charge is 0.0511 e. The summed E-state index contributed by atoms with van der Waals surface area (Å²) >= 11 is 3.67. The monoisotopic (exact) mass is 294 g/mol. The Balaban J connectivity index is 1.82. The van der Waals surface area contributed by atoms with Gasteiger partial charge in [0, 0.05) is 29.6 Å². The molecule has 0 radical (unpaired) electrons. The highest BCUT2D eigenvalue weighted by Crippen LogP contribution is 2.35. The number of hydrogen-bond donors (Lipinski definition) is 1. The summed E-state index contributed by atoms with van der Waals surface area (Å²) in [6, 6.07) is 8.57. The van der Waals surface area contributed by atoms with E-state index < -0.39 is 0 Å².